The fourth-order valence-electron chi connectivity index (χ4n) is 3.93. The van der Waals surface area contributed by atoms with Crippen LogP contribution in [0.3, 0.4) is 0 Å². The van der Waals surface area contributed by atoms with Crippen molar-refractivity contribution in [3.8, 4) is 0 Å². The van der Waals surface area contributed by atoms with Crippen LogP contribution >= 0.6 is 0 Å². The van der Waals surface area contributed by atoms with Crippen molar-refractivity contribution in [3.05, 3.63) is 35.3 Å². The molecule has 4 rings (SSSR count). The summed E-state index contributed by atoms with van der Waals surface area (Å²) in [6, 6.07) is 0. The van der Waals surface area contributed by atoms with Gasteiger partial charge in [-0.1, -0.05) is 0 Å². The van der Waals surface area contributed by atoms with E-state index in [1.54, 1.807) is 14.1 Å². The second kappa shape index (κ2) is 3.68. The van der Waals surface area contributed by atoms with Gasteiger partial charge in [-0.05, 0) is 35.5 Å². The van der Waals surface area contributed by atoms with Crippen molar-refractivity contribution < 1.29 is 14.1 Å². The maximum absolute atomic E-state index is 12.2. The van der Waals surface area contributed by atoms with Gasteiger partial charge in [0.25, 0.3) is 0 Å². The maximum Gasteiger partial charge on any atom is 0.414 e. The van der Waals surface area contributed by atoms with Crippen molar-refractivity contribution in [2.45, 2.75) is 6.42 Å². The van der Waals surface area contributed by atoms with Crippen molar-refractivity contribution in [3.63, 3.8) is 0 Å². The molecule has 1 N–H and O–H groups in total. The van der Waals surface area contributed by atoms with E-state index in [9.17, 15) is 9.59 Å². The fourth-order valence-corrected chi connectivity index (χ4v) is 3.93. The largest absolute Gasteiger partial charge is 0.414 e. The Labute approximate surface area is 117 Å². The molecule has 3 heterocycles. The smallest absolute Gasteiger partial charge is 0.316 e. The van der Waals surface area contributed by atoms with Crippen molar-refractivity contribution in [1.29, 1.82) is 0 Å². The van der Waals surface area contributed by atoms with Crippen LogP contribution in [0.15, 0.2) is 35.3 Å². The number of amides is 2. The third-order valence-electron chi connectivity index (χ3n) is 5.13. The molecule has 20 heavy (non-hydrogen) atoms. The van der Waals surface area contributed by atoms with Crippen LogP contribution in [0, 0.1) is 11.8 Å². The molecular formula is C15H18N3O2+. The standard InChI is InChI=1S/C15H18N3O2/c1-17-13-6-12-10-5-9(7-16-8-10)11(12)3-4-18(13,2)15(20)14(17)19/h3-4,6,9-10,16H,5,7-8H2,1-2H3/q+1. The predicted molar refractivity (Wildman–Crippen MR) is 72.7 cm³/mol. The first-order chi connectivity index (χ1) is 9.52. The molecule has 1 aliphatic carbocycles. The summed E-state index contributed by atoms with van der Waals surface area (Å²) in [4.78, 5) is 25.7. The number of carbonyl (C=O) groups excluding carboxylic acids is 2. The molecular weight excluding hydrogens is 254 g/mol. The van der Waals surface area contributed by atoms with E-state index in [2.05, 4.69) is 17.5 Å². The molecule has 2 bridgehead atoms. The highest BCUT2D eigenvalue weighted by molar-refractivity contribution is 6.34. The average molecular weight is 272 g/mol. The Hall–Kier alpha value is -1.72. The van der Waals surface area contributed by atoms with Gasteiger partial charge in [0.15, 0.2) is 0 Å². The Morgan fingerprint density at radius 3 is 2.70 bits per heavy atom. The maximum atomic E-state index is 12.2. The third kappa shape index (κ3) is 1.29. The van der Waals surface area contributed by atoms with Crippen molar-refractivity contribution in [2.75, 3.05) is 27.2 Å². The molecule has 3 atom stereocenters. The molecule has 2 amide bonds. The highest BCUT2D eigenvalue weighted by Gasteiger charge is 2.54. The van der Waals surface area contributed by atoms with Crippen LogP contribution in [0.25, 0.3) is 0 Å². The zero-order chi connectivity index (χ0) is 14.1. The molecule has 0 aromatic rings. The number of hydrogen-bond acceptors (Lipinski definition) is 3. The monoisotopic (exact) mass is 272 g/mol. The molecule has 5 nitrogen and oxygen atoms in total. The fraction of sp³-hybridized carbons (Fsp3) is 0.467. The van der Waals surface area contributed by atoms with Crippen LogP contribution in [0.5, 0.6) is 0 Å². The Morgan fingerprint density at radius 1 is 1.25 bits per heavy atom. The number of carbonyl (C=O) groups is 2. The van der Waals surface area contributed by atoms with Gasteiger partial charge in [-0.2, -0.15) is 4.48 Å². The number of nitrogens with zero attached hydrogens (tertiary/aromatic N) is 2. The van der Waals surface area contributed by atoms with E-state index in [0.29, 0.717) is 11.8 Å². The first kappa shape index (κ1) is 12.1. The minimum absolute atomic E-state index is 0.0325. The summed E-state index contributed by atoms with van der Waals surface area (Å²) in [5.41, 5.74) is 2.65. The number of rotatable bonds is 0. The van der Waals surface area contributed by atoms with E-state index >= 15 is 0 Å². The number of piperidine rings is 1. The summed E-state index contributed by atoms with van der Waals surface area (Å²) in [6.07, 6.45) is 7.20. The second-order valence-electron chi connectivity index (χ2n) is 6.26. The van der Waals surface area contributed by atoms with Gasteiger partial charge in [-0.25, -0.2) is 4.79 Å². The molecule has 3 aliphatic heterocycles. The second-order valence-corrected chi connectivity index (χ2v) is 6.26. The molecule has 4 aliphatic rings. The van der Waals surface area contributed by atoms with Crippen molar-refractivity contribution in [1.82, 2.24) is 10.2 Å². The van der Waals surface area contributed by atoms with Gasteiger partial charge in [-0.15, -0.1) is 0 Å². The molecule has 2 saturated heterocycles. The molecule has 0 spiro atoms. The molecule has 0 aromatic heterocycles. The lowest BCUT2D eigenvalue weighted by molar-refractivity contribution is -0.737. The van der Waals surface area contributed by atoms with Crippen LogP contribution in [-0.4, -0.2) is 48.4 Å². The van der Waals surface area contributed by atoms with Gasteiger partial charge in [0, 0.05) is 26.2 Å². The topological polar surface area (TPSA) is 49.4 Å². The first-order valence-electron chi connectivity index (χ1n) is 7.07. The number of hydrogen-bond donors (Lipinski definition) is 1. The number of quaternary nitrogens is 1. The van der Waals surface area contributed by atoms with Crippen molar-refractivity contribution >= 4 is 11.8 Å². The van der Waals surface area contributed by atoms with Crippen LogP contribution in [-0.2, 0) is 9.59 Å². The Balaban J connectivity index is 1.89. The normalized spacial score (nSPS) is 38.9. The van der Waals surface area contributed by atoms with Crippen LogP contribution in [0.4, 0.5) is 0 Å². The van der Waals surface area contributed by atoms with Gasteiger partial charge in [0.2, 0.25) is 5.82 Å². The van der Waals surface area contributed by atoms with Gasteiger partial charge in [-0.3, -0.25) is 9.69 Å². The van der Waals surface area contributed by atoms with E-state index in [-0.39, 0.29) is 10.4 Å². The number of allylic oxidation sites excluding steroid dienone is 2. The minimum Gasteiger partial charge on any atom is -0.316 e. The lowest BCUT2D eigenvalue weighted by Gasteiger charge is -2.24. The van der Waals surface area contributed by atoms with Gasteiger partial charge >= 0.3 is 11.8 Å². The quantitative estimate of drug-likeness (QED) is 0.511. The number of nitrogens with one attached hydrogen (secondary N) is 1. The molecule has 0 saturated carbocycles. The van der Waals surface area contributed by atoms with E-state index in [0.717, 1.165) is 18.9 Å². The lowest BCUT2D eigenvalue weighted by Crippen LogP contribution is -2.40. The summed E-state index contributed by atoms with van der Waals surface area (Å²) < 4.78 is -0.0325. The summed E-state index contributed by atoms with van der Waals surface area (Å²) in [7, 11) is 3.48. The summed E-state index contributed by atoms with van der Waals surface area (Å²) in [5.74, 6) is 1.02. The SMILES string of the molecule is CN1C(=O)C(=O)[N+]2(C)C=CC3=C(C=C12)C1CNCC3C1. The number of likely N-dealkylation sites (N-methyl/N-ethyl adjacent to an activating group) is 2. The Kier molecular flexibility index (Phi) is 2.22. The van der Waals surface area contributed by atoms with E-state index < -0.39 is 5.91 Å². The molecule has 0 aromatic carbocycles. The van der Waals surface area contributed by atoms with Gasteiger partial charge in [0.1, 0.15) is 6.20 Å². The summed E-state index contributed by atoms with van der Waals surface area (Å²) >= 11 is 0. The first-order valence-corrected chi connectivity index (χ1v) is 7.07. The average Bonchev–Trinajstić information content (AvgIpc) is 2.69. The summed E-state index contributed by atoms with van der Waals surface area (Å²) in [5, 5.41) is 3.46. The molecule has 0 radical (unpaired) electrons. The van der Waals surface area contributed by atoms with Gasteiger partial charge < -0.3 is 5.32 Å². The van der Waals surface area contributed by atoms with Crippen LogP contribution in [0.1, 0.15) is 6.42 Å². The molecule has 3 unspecified atom stereocenters. The Bertz CT molecular complexity index is 631. The molecule has 2 fully saturated rings. The van der Waals surface area contributed by atoms with E-state index in [1.165, 1.54) is 22.5 Å². The minimum atomic E-state index is -0.424. The molecule has 104 valence electrons. The summed E-state index contributed by atoms with van der Waals surface area (Å²) in [6.45, 7) is 2.00. The predicted octanol–water partition coefficient (Wildman–Crippen LogP) is 0.336. The van der Waals surface area contributed by atoms with Crippen LogP contribution < -0.4 is 5.32 Å². The molecule has 5 heteroatoms. The third-order valence-corrected chi connectivity index (χ3v) is 5.13. The highest BCUT2D eigenvalue weighted by atomic mass is 16.2. The van der Waals surface area contributed by atoms with E-state index in [1.807, 2.05) is 6.20 Å². The van der Waals surface area contributed by atoms with Gasteiger partial charge in [0.05, 0.1) is 7.05 Å². The van der Waals surface area contributed by atoms with E-state index in [4.69, 9.17) is 0 Å². The zero-order valence-electron chi connectivity index (χ0n) is 11.7. The lowest BCUT2D eigenvalue weighted by atomic mass is 9.95. The highest BCUT2D eigenvalue weighted by Crippen LogP contribution is 2.44. The van der Waals surface area contributed by atoms with Crippen LogP contribution in [0.2, 0.25) is 0 Å². The van der Waals surface area contributed by atoms with Crippen molar-refractivity contribution in [2.24, 2.45) is 11.8 Å². The Morgan fingerprint density at radius 2 is 1.95 bits per heavy atom. The number of fused-ring (bicyclic) bond motifs is 5. The zero-order valence-corrected chi connectivity index (χ0v) is 11.7.